The van der Waals surface area contributed by atoms with Crippen molar-refractivity contribution in [3.63, 3.8) is 0 Å². The van der Waals surface area contributed by atoms with Gasteiger partial charge in [-0.05, 0) is 19.1 Å². The van der Waals surface area contributed by atoms with Crippen molar-refractivity contribution in [1.29, 1.82) is 0 Å². The molecule has 168 valence electrons. The fourth-order valence-electron chi connectivity index (χ4n) is 3.85. The van der Waals surface area contributed by atoms with Crippen LogP contribution in [0.3, 0.4) is 0 Å². The Kier molecular flexibility index (Phi) is 5.00. The van der Waals surface area contributed by atoms with Crippen LogP contribution in [0.1, 0.15) is 11.5 Å². The highest BCUT2D eigenvalue weighted by Gasteiger charge is 2.55. The summed E-state index contributed by atoms with van der Waals surface area (Å²) in [6, 6.07) is 10.7. The number of hydrogen-bond donors (Lipinski definition) is 0. The minimum Gasteiger partial charge on any atom is -0.493 e. The van der Waals surface area contributed by atoms with E-state index in [1.54, 1.807) is 18.2 Å². The molecule has 33 heavy (non-hydrogen) atoms. The summed E-state index contributed by atoms with van der Waals surface area (Å²) in [4.78, 5) is 31.7. The molecule has 2 aromatic carbocycles. The fraction of sp³-hybridized carbons (Fsp3) is 0.273. The first-order chi connectivity index (χ1) is 16.0. The maximum atomic E-state index is 13.2. The van der Waals surface area contributed by atoms with E-state index in [-0.39, 0.29) is 12.4 Å². The van der Waals surface area contributed by atoms with Crippen molar-refractivity contribution in [1.82, 2.24) is 15.1 Å². The van der Waals surface area contributed by atoms with Crippen LogP contribution in [0.2, 0.25) is 0 Å². The van der Waals surface area contributed by atoms with E-state index >= 15 is 0 Å². The molecule has 1 fully saturated rings. The molecule has 11 nitrogen and oxygen atoms in total. The first-order valence-electron chi connectivity index (χ1n) is 10.2. The van der Waals surface area contributed by atoms with Crippen LogP contribution in [0.4, 0.5) is 5.69 Å². The lowest BCUT2D eigenvalue weighted by Gasteiger charge is -2.20. The van der Waals surface area contributed by atoms with Crippen molar-refractivity contribution in [2.75, 3.05) is 19.1 Å². The minimum atomic E-state index is -0.940. The van der Waals surface area contributed by atoms with Gasteiger partial charge in [-0.2, -0.15) is 10.1 Å². The lowest BCUT2D eigenvalue weighted by molar-refractivity contribution is -0.123. The molecule has 0 N–H and O–H groups in total. The zero-order valence-corrected chi connectivity index (χ0v) is 18.1. The van der Waals surface area contributed by atoms with Crippen LogP contribution in [-0.4, -0.2) is 53.3 Å². The predicted octanol–water partition coefficient (Wildman–Crippen LogP) is 2.56. The molecule has 2 aliphatic rings. The highest BCUT2D eigenvalue weighted by molar-refractivity contribution is 6.25. The molecule has 3 heterocycles. The van der Waals surface area contributed by atoms with E-state index in [9.17, 15) is 9.59 Å². The molecular weight excluding hydrogens is 428 g/mol. The molecule has 2 aliphatic heterocycles. The molecule has 0 spiro atoms. The fourth-order valence-corrected chi connectivity index (χ4v) is 3.85. The second-order valence-corrected chi connectivity index (χ2v) is 7.62. The lowest BCUT2D eigenvalue weighted by Crippen LogP contribution is -2.39. The Balaban J connectivity index is 1.36. The van der Waals surface area contributed by atoms with Gasteiger partial charge in [0, 0.05) is 11.6 Å². The third-order valence-electron chi connectivity index (χ3n) is 5.56. The van der Waals surface area contributed by atoms with Crippen LogP contribution in [0, 0.1) is 6.92 Å². The lowest BCUT2D eigenvalue weighted by atomic mass is 10.1. The number of aromatic nitrogens is 2. The van der Waals surface area contributed by atoms with Crippen molar-refractivity contribution in [3.05, 3.63) is 53.9 Å². The third-order valence-corrected chi connectivity index (χ3v) is 5.56. The van der Waals surface area contributed by atoms with Crippen LogP contribution in [0.25, 0.3) is 11.4 Å². The van der Waals surface area contributed by atoms with Crippen LogP contribution in [0.5, 0.6) is 11.5 Å². The van der Waals surface area contributed by atoms with Crippen molar-refractivity contribution in [3.8, 4) is 22.9 Å². The van der Waals surface area contributed by atoms with E-state index in [0.717, 1.165) is 16.0 Å². The Morgan fingerprint density at radius 3 is 2.48 bits per heavy atom. The molecular formula is C22H20N6O5. The highest BCUT2D eigenvalue weighted by Crippen LogP contribution is 2.37. The zero-order chi connectivity index (χ0) is 23.1. The maximum absolute atomic E-state index is 13.2. The molecule has 0 unspecified atom stereocenters. The summed E-state index contributed by atoms with van der Waals surface area (Å²) in [5.41, 5.74) is 2.30. The molecule has 3 aromatic rings. The van der Waals surface area contributed by atoms with Gasteiger partial charge in [0.25, 0.3) is 11.8 Å². The van der Waals surface area contributed by atoms with Crippen LogP contribution < -0.4 is 14.4 Å². The molecule has 2 amide bonds. The van der Waals surface area contributed by atoms with Crippen LogP contribution in [0.15, 0.2) is 57.3 Å². The van der Waals surface area contributed by atoms with Gasteiger partial charge in [-0.15, -0.1) is 0 Å². The van der Waals surface area contributed by atoms with Crippen molar-refractivity contribution < 1.29 is 23.6 Å². The number of fused-ring (bicyclic) bond motifs is 1. The number of ether oxygens (including phenoxy) is 2. The van der Waals surface area contributed by atoms with Gasteiger partial charge in [0.2, 0.25) is 11.7 Å². The number of carbonyl (C=O) groups is 2. The summed E-state index contributed by atoms with van der Waals surface area (Å²) in [6.07, 6.45) is 0. The van der Waals surface area contributed by atoms with Crippen LogP contribution >= 0.6 is 0 Å². The number of hydrogen-bond acceptors (Lipinski definition) is 10. The Hall–Kier alpha value is -4.28. The summed E-state index contributed by atoms with van der Waals surface area (Å²) in [7, 11) is 2.99. The smallest absolute Gasteiger partial charge is 0.263 e. The van der Waals surface area contributed by atoms with Crippen molar-refractivity contribution in [2.24, 2.45) is 10.3 Å². The molecule has 1 saturated heterocycles. The van der Waals surface area contributed by atoms with E-state index in [0.29, 0.717) is 23.0 Å². The first-order valence-corrected chi connectivity index (χ1v) is 10.2. The SMILES string of the molecule is COc1ccc(N2C(=O)[C@@H]3N=NN(Cc4nc(-c5ccc(C)cc5)no4)[C@H]3C2=O)cc1OC. The van der Waals surface area contributed by atoms with Gasteiger partial charge in [-0.3, -0.25) is 14.6 Å². The summed E-state index contributed by atoms with van der Waals surface area (Å²) >= 11 is 0. The number of methoxy groups -OCH3 is 2. The summed E-state index contributed by atoms with van der Waals surface area (Å²) in [5.74, 6) is 0.673. The molecule has 1 aromatic heterocycles. The number of aryl methyl sites for hydroxylation is 1. The summed E-state index contributed by atoms with van der Waals surface area (Å²) < 4.78 is 15.9. The van der Waals surface area contributed by atoms with E-state index in [1.165, 1.54) is 19.2 Å². The molecule has 5 rings (SSSR count). The number of amides is 2. The topological polar surface area (TPSA) is 123 Å². The molecule has 0 radical (unpaired) electrons. The standard InChI is InChI=1S/C22H20N6O5/c1-12-4-6-13(7-5-12)20-23-17(33-25-20)11-27-19-18(24-26-27)21(29)28(22(19)30)14-8-9-15(31-2)16(10-14)32-3/h4-10,18-19H,11H2,1-3H3/t18-,19-/m1/s1. The molecule has 2 atom stereocenters. The van der Waals surface area contributed by atoms with E-state index in [4.69, 9.17) is 14.0 Å². The average Bonchev–Trinajstić information content (AvgIpc) is 3.52. The predicted molar refractivity (Wildman–Crippen MR) is 114 cm³/mol. The van der Waals surface area contributed by atoms with E-state index in [2.05, 4.69) is 20.5 Å². The minimum absolute atomic E-state index is 0.0440. The van der Waals surface area contributed by atoms with Crippen molar-refractivity contribution in [2.45, 2.75) is 25.6 Å². The van der Waals surface area contributed by atoms with E-state index in [1.807, 2.05) is 31.2 Å². The first kappa shape index (κ1) is 20.6. The monoisotopic (exact) mass is 448 g/mol. The Bertz CT molecular complexity index is 1250. The average molecular weight is 448 g/mol. The van der Waals surface area contributed by atoms with Gasteiger partial charge >= 0.3 is 0 Å². The van der Waals surface area contributed by atoms with Gasteiger partial charge in [0.1, 0.15) is 6.54 Å². The number of anilines is 1. The Morgan fingerprint density at radius 1 is 1.00 bits per heavy atom. The Morgan fingerprint density at radius 2 is 1.76 bits per heavy atom. The normalized spacial score (nSPS) is 19.4. The number of benzene rings is 2. The molecule has 0 bridgehead atoms. The maximum Gasteiger partial charge on any atom is 0.263 e. The molecule has 0 saturated carbocycles. The second kappa shape index (κ2) is 8.01. The molecule has 0 aliphatic carbocycles. The van der Waals surface area contributed by atoms with Gasteiger partial charge in [-0.25, -0.2) is 4.90 Å². The number of imide groups is 1. The molecule has 11 heteroatoms. The second-order valence-electron chi connectivity index (χ2n) is 7.62. The largest absolute Gasteiger partial charge is 0.493 e. The van der Waals surface area contributed by atoms with Gasteiger partial charge in [0.05, 0.1) is 19.9 Å². The number of carbonyl (C=O) groups excluding carboxylic acids is 2. The van der Waals surface area contributed by atoms with Crippen molar-refractivity contribution >= 4 is 17.5 Å². The van der Waals surface area contributed by atoms with Gasteiger partial charge < -0.3 is 14.0 Å². The van der Waals surface area contributed by atoms with E-state index < -0.39 is 23.9 Å². The quantitative estimate of drug-likeness (QED) is 0.527. The third kappa shape index (κ3) is 3.47. The van der Waals surface area contributed by atoms with Crippen LogP contribution in [-0.2, 0) is 16.1 Å². The summed E-state index contributed by atoms with van der Waals surface area (Å²) in [5, 5.41) is 13.4. The summed E-state index contributed by atoms with van der Waals surface area (Å²) in [6.45, 7) is 2.04. The Labute approximate surface area is 188 Å². The highest BCUT2D eigenvalue weighted by atomic mass is 16.5. The number of nitrogens with zero attached hydrogens (tertiary/aromatic N) is 6. The number of rotatable bonds is 6. The van der Waals surface area contributed by atoms with Gasteiger partial charge in [-0.1, -0.05) is 40.2 Å². The van der Waals surface area contributed by atoms with Gasteiger partial charge in [0.15, 0.2) is 23.6 Å². The zero-order valence-electron chi connectivity index (χ0n) is 18.1.